The number of hydrogen-bond donors (Lipinski definition) is 0. The van der Waals surface area contributed by atoms with Crippen LogP contribution in [0.2, 0.25) is 0 Å². The minimum absolute atomic E-state index is 0.940. The molecule has 0 radical (unpaired) electrons. The van der Waals surface area contributed by atoms with Crippen molar-refractivity contribution in [1.29, 1.82) is 0 Å². The molecule has 0 aliphatic rings. The van der Waals surface area contributed by atoms with Crippen LogP contribution >= 0.6 is 0 Å². The molecule has 2 aromatic carbocycles. The molecule has 1 heteroatoms. The molecule has 0 spiro atoms. The van der Waals surface area contributed by atoms with E-state index in [4.69, 9.17) is 0 Å². The van der Waals surface area contributed by atoms with E-state index >= 15 is 0 Å². The Hall–Kier alpha value is -2.02. The van der Waals surface area contributed by atoms with Crippen LogP contribution in [0.3, 0.4) is 0 Å². The first-order valence-corrected chi connectivity index (χ1v) is 5.50. The molecule has 0 saturated heterocycles. The van der Waals surface area contributed by atoms with Crippen LogP contribution in [0.5, 0.6) is 0 Å². The van der Waals surface area contributed by atoms with E-state index in [2.05, 4.69) is 71.6 Å². The second-order valence-corrected chi connectivity index (χ2v) is 4.05. The van der Waals surface area contributed by atoms with Crippen LogP contribution in [0.4, 0.5) is 0 Å². The summed E-state index contributed by atoms with van der Waals surface area (Å²) in [6, 6.07) is 19.0. The number of aromatic nitrogens is 1. The molecular weight excluding hydrogens is 194 g/mol. The summed E-state index contributed by atoms with van der Waals surface area (Å²) in [5.41, 5.74) is 1.34. The van der Waals surface area contributed by atoms with Crippen molar-refractivity contribution in [3.05, 3.63) is 72.6 Å². The zero-order chi connectivity index (χ0) is 10.8. The van der Waals surface area contributed by atoms with Crippen molar-refractivity contribution in [2.24, 2.45) is 0 Å². The lowest BCUT2D eigenvalue weighted by molar-refractivity contribution is 0.810. The maximum atomic E-state index is 2.24. The molecule has 0 unspecified atom stereocenters. The summed E-state index contributed by atoms with van der Waals surface area (Å²) >= 11 is 0. The Labute approximate surface area is 95.0 Å². The molecule has 0 fully saturated rings. The van der Waals surface area contributed by atoms with E-state index in [-0.39, 0.29) is 0 Å². The van der Waals surface area contributed by atoms with Gasteiger partial charge in [0, 0.05) is 18.9 Å². The normalized spacial score (nSPS) is 10.8. The quantitative estimate of drug-likeness (QED) is 0.604. The van der Waals surface area contributed by atoms with Crippen LogP contribution in [-0.2, 0) is 6.54 Å². The Morgan fingerprint density at radius 2 is 1.25 bits per heavy atom. The summed E-state index contributed by atoms with van der Waals surface area (Å²) in [4.78, 5) is 0. The van der Waals surface area contributed by atoms with Crippen molar-refractivity contribution in [1.82, 2.24) is 4.57 Å². The molecule has 3 aromatic rings. The van der Waals surface area contributed by atoms with Crippen LogP contribution in [0.15, 0.2) is 67.0 Å². The van der Waals surface area contributed by atoms with E-state index < -0.39 is 0 Å². The third kappa shape index (κ3) is 1.72. The van der Waals surface area contributed by atoms with Gasteiger partial charge in [-0.05, 0) is 16.3 Å². The van der Waals surface area contributed by atoms with Crippen molar-refractivity contribution in [3.63, 3.8) is 0 Å². The zero-order valence-corrected chi connectivity index (χ0v) is 9.01. The van der Waals surface area contributed by atoms with E-state index in [1.165, 1.54) is 16.3 Å². The number of rotatable bonds is 2. The molecule has 0 aliphatic heterocycles. The second kappa shape index (κ2) is 3.86. The number of benzene rings is 2. The minimum atomic E-state index is 0.940. The SMILES string of the molecule is c1ccc(Cn2cc3ccccc3c2)cc1. The van der Waals surface area contributed by atoms with Gasteiger partial charge in [0.05, 0.1) is 0 Å². The fourth-order valence-electron chi connectivity index (χ4n) is 2.03. The highest BCUT2D eigenvalue weighted by Gasteiger charge is 1.98. The first-order valence-electron chi connectivity index (χ1n) is 5.50. The largest absolute Gasteiger partial charge is 0.349 e. The third-order valence-corrected chi connectivity index (χ3v) is 2.81. The summed E-state index contributed by atoms with van der Waals surface area (Å²) in [6.07, 6.45) is 4.39. The van der Waals surface area contributed by atoms with Crippen molar-refractivity contribution in [2.75, 3.05) is 0 Å². The van der Waals surface area contributed by atoms with Gasteiger partial charge in [0.25, 0.3) is 0 Å². The van der Waals surface area contributed by atoms with Gasteiger partial charge in [-0.3, -0.25) is 0 Å². The van der Waals surface area contributed by atoms with Crippen LogP contribution in [0, 0.1) is 0 Å². The Morgan fingerprint density at radius 1 is 0.688 bits per heavy atom. The number of fused-ring (bicyclic) bond motifs is 1. The lowest BCUT2D eigenvalue weighted by atomic mass is 10.2. The fraction of sp³-hybridized carbons (Fsp3) is 0.0667. The van der Waals surface area contributed by atoms with Crippen LogP contribution in [0.25, 0.3) is 10.8 Å². The Bertz CT molecular complexity index is 560. The molecule has 16 heavy (non-hydrogen) atoms. The van der Waals surface area contributed by atoms with Crippen molar-refractivity contribution in [2.45, 2.75) is 6.54 Å². The number of nitrogens with zero attached hydrogens (tertiary/aromatic N) is 1. The minimum Gasteiger partial charge on any atom is -0.349 e. The molecule has 78 valence electrons. The van der Waals surface area contributed by atoms with Crippen molar-refractivity contribution >= 4 is 10.8 Å². The standard InChI is InChI=1S/C15H13N/c1-2-6-13(7-3-1)10-16-11-14-8-4-5-9-15(14)12-16/h1-9,11-12H,10H2. The highest BCUT2D eigenvalue weighted by Crippen LogP contribution is 2.15. The van der Waals surface area contributed by atoms with Crippen molar-refractivity contribution in [3.8, 4) is 0 Å². The Morgan fingerprint density at radius 3 is 1.88 bits per heavy atom. The van der Waals surface area contributed by atoms with Gasteiger partial charge in [-0.2, -0.15) is 0 Å². The molecule has 1 heterocycles. The predicted octanol–water partition coefficient (Wildman–Crippen LogP) is 3.69. The smallest absolute Gasteiger partial charge is 0.0470 e. The van der Waals surface area contributed by atoms with Gasteiger partial charge >= 0.3 is 0 Å². The first kappa shape index (κ1) is 9.22. The van der Waals surface area contributed by atoms with Crippen LogP contribution in [-0.4, -0.2) is 4.57 Å². The molecule has 1 nitrogen and oxygen atoms in total. The van der Waals surface area contributed by atoms with Crippen molar-refractivity contribution < 1.29 is 0 Å². The summed E-state index contributed by atoms with van der Waals surface area (Å²) in [5, 5.41) is 2.61. The maximum Gasteiger partial charge on any atom is 0.0470 e. The van der Waals surface area contributed by atoms with Crippen LogP contribution < -0.4 is 0 Å². The van der Waals surface area contributed by atoms with E-state index in [1.54, 1.807) is 0 Å². The Balaban J connectivity index is 1.95. The zero-order valence-electron chi connectivity index (χ0n) is 9.01. The molecule has 0 saturated carbocycles. The van der Waals surface area contributed by atoms with Gasteiger partial charge in [-0.1, -0.05) is 54.6 Å². The summed E-state index contributed by atoms with van der Waals surface area (Å²) < 4.78 is 2.24. The molecule has 0 aliphatic carbocycles. The molecule has 0 N–H and O–H groups in total. The highest BCUT2D eigenvalue weighted by atomic mass is 14.9. The lowest BCUT2D eigenvalue weighted by Crippen LogP contribution is -1.94. The average molecular weight is 207 g/mol. The first-order chi connectivity index (χ1) is 7.92. The molecule has 0 atom stereocenters. The molecule has 1 aromatic heterocycles. The molecule has 3 rings (SSSR count). The van der Waals surface area contributed by atoms with E-state index in [9.17, 15) is 0 Å². The maximum absolute atomic E-state index is 2.24. The summed E-state index contributed by atoms with van der Waals surface area (Å²) in [6.45, 7) is 0.940. The number of hydrogen-bond acceptors (Lipinski definition) is 0. The Kier molecular flexibility index (Phi) is 2.22. The lowest BCUT2D eigenvalue weighted by Gasteiger charge is -2.01. The average Bonchev–Trinajstić information content (AvgIpc) is 2.72. The van der Waals surface area contributed by atoms with Gasteiger partial charge in [0.15, 0.2) is 0 Å². The summed E-state index contributed by atoms with van der Waals surface area (Å²) in [5.74, 6) is 0. The fourth-order valence-corrected chi connectivity index (χ4v) is 2.03. The van der Waals surface area contributed by atoms with Gasteiger partial charge in [0.2, 0.25) is 0 Å². The summed E-state index contributed by atoms with van der Waals surface area (Å²) in [7, 11) is 0. The van der Waals surface area contributed by atoms with E-state index in [1.807, 2.05) is 0 Å². The van der Waals surface area contributed by atoms with Gasteiger partial charge in [-0.25, -0.2) is 0 Å². The monoisotopic (exact) mass is 207 g/mol. The topological polar surface area (TPSA) is 4.93 Å². The highest BCUT2D eigenvalue weighted by molar-refractivity contribution is 5.82. The van der Waals surface area contributed by atoms with Crippen LogP contribution in [0.1, 0.15) is 5.56 Å². The second-order valence-electron chi connectivity index (χ2n) is 4.05. The van der Waals surface area contributed by atoms with E-state index in [0.29, 0.717) is 0 Å². The van der Waals surface area contributed by atoms with E-state index in [0.717, 1.165) is 6.54 Å². The molecule has 0 amide bonds. The van der Waals surface area contributed by atoms with Gasteiger partial charge in [-0.15, -0.1) is 0 Å². The van der Waals surface area contributed by atoms with Gasteiger partial charge in [0.1, 0.15) is 0 Å². The predicted molar refractivity (Wildman–Crippen MR) is 67.5 cm³/mol. The molecular formula is C15H13N. The van der Waals surface area contributed by atoms with Gasteiger partial charge < -0.3 is 4.57 Å². The third-order valence-electron chi connectivity index (χ3n) is 2.81. The molecule has 0 bridgehead atoms.